The molecular formula is C8H16N2. The third kappa shape index (κ3) is 3.30. The van der Waals surface area contributed by atoms with E-state index in [2.05, 4.69) is 23.7 Å². The molecule has 0 saturated carbocycles. The number of hydrogen-bond donors (Lipinski definition) is 1. The van der Waals surface area contributed by atoms with Gasteiger partial charge in [0.15, 0.2) is 0 Å². The van der Waals surface area contributed by atoms with Gasteiger partial charge in [-0.25, -0.2) is 0 Å². The Morgan fingerprint density at radius 3 is 2.60 bits per heavy atom. The molecular weight excluding hydrogens is 124 g/mol. The molecule has 0 fully saturated rings. The predicted molar refractivity (Wildman–Crippen MR) is 45.6 cm³/mol. The summed E-state index contributed by atoms with van der Waals surface area (Å²) in [5.74, 6) is 0. The minimum Gasteiger partial charge on any atom is -0.365 e. The largest absolute Gasteiger partial charge is 0.365 e. The Bertz CT molecular complexity index is 118. The fraction of sp³-hybridized carbons (Fsp3) is 0.500. The lowest BCUT2D eigenvalue weighted by atomic mass is 10.5. The van der Waals surface area contributed by atoms with Crippen LogP contribution in [0.2, 0.25) is 0 Å². The van der Waals surface area contributed by atoms with Crippen LogP contribution in [0.25, 0.3) is 0 Å². The molecule has 0 aromatic rings. The summed E-state index contributed by atoms with van der Waals surface area (Å²) in [5, 5.41) is 3.11. The summed E-state index contributed by atoms with van der Waals surface area (Å²) < 4.78 is 0. The van der Waals surface area contributed by atoms with Crippen LogP contribution < -0.4 is 5.32 Å². The lowest BCUT2D eigenvalue weighted by Crippen LogP contribution is -2.35. The second-order valence-corrected chi connectivity index (χ2v) is 2.21. The van der Waals surface area contributed by atoms with E-state index in [1.807, 2.05) is 26.4 Å². The number of hydrogen-bond acceptors (Lipinski definition) is 2. The molecule has 0 spiro atoms. The van der Waals surface area contributed by atoms with Crippen LogP contribution in [0, 0.1) is 0 Å². The molecule has 0 saturated heterocycles. The van der Waals surface area contributed by atoms with E-state index in [1.54, 1.807) is 6.08 Å². The van der Waals surface area contributed by atoms with E-state index in [1.165, 1.54) is 0 Å². The first kappa shape index (κ1) is 9.24. The molecule has 2 heteroatoms. The molecule has 0 aliphatic carbocycles. The van der Waals surface area contributed by atoms with Crippen molar-refractivity contribution < 1.29 is 0 Å². The molecule has 58 valence electrons. The lowest BCUT2D eigenvalue weighted by Gasteiger charge is -2.21. The SMILES string of the molecule is C=C/C=C/N(C)C(C)NC. The van der Waals surface area contributed by atoms with Gasteiger partial charge in [0.05, 0.1) is 6.17 Å². The summed E-state index contributed by atoms with van der Waals surface area (Å²) in [4.78, 5) is 2.07. The van der Waals surface area contributed by atoms with E-state index in [0.29, 0.717) is 6.17 Å². The highest BCUT2D eigenvalue weighted by atomic mass is 15.2. The highest BCUT2D eigenvalue weighted by molar-refractivity contribution is 4.96. The van der Waals surface area contributed by atoms with Gasteiger partial charge in [-0.05, 0) is 20.0 Å². The first-order valence-corrected chi connectivity index (χ1v) is 3.40. The van der Waals surface area contributed by atoms with E-state index in [-0.39, 0.29) is 0 Å². The van der Waals surface area contributed by atoms with Crippen LogP contribution in [0.5, 0.6) is 0 Å². The van der Waals surface area contributed by atoms with E-state index in [4.69, 9.17) is 0 Å². The Morgan fingerprint density at radius 1 is 1.60 bits per heavy atom. The van der Waals surface area contributed by atoms with Crippen LogP contribution in [-0.4, -0.2) is 25.2 Å². The molecule has 1 unspecified atom stereocenters. The average Bonchev–Trinajstić information content (AvgIpc) is 1.98. The van der Waals surface area contributed by atoms with Crippen molar-refractivity contribution in [2.75, 3.05) is 14.1 Å². The topological polar surface area (TPSA) is 15.3 Å². The predicted octanol–water partition coefficient (Wildman–Crippen LogP) is 1.18. The second kappa shape index (κ2) is 5.06. The third-order valence-corrected chi connectivity index (χ3v) is 1.49. The van der Waals surface area contributed by atoms with Crippen molar-refractivity contribution in [2.45, 2.75) is 13.1 Å². The summed E-state index contributed by atoms with van der Waals surface area (Å²) in [6, 6.07) is 0. The monoisotopic (exact) mass is 140 g/mol. The fourth-order valence-corrected chi connectivity index (χ4v) is 0.529. The van der Waals surface area contributed by atoms with Gasteiger partial charge in [0, 0.05) is 13.2 Å². The smallest absolute Gasteiger partial charge is 0.0755 e. The zero-order valence-electron chi connectivity index (χ0n) is 6.96. The normalized spacial score (nSPS) is 13.5. The first-order chi connectivity index (χ1) is 4.72. The van der Waals surface area contributed by atoms with Crippen molar-refractivity contribution >= 4 is 0 Å². The summed E-state index contributed by atoms with van der Waals surface area (Å²) >= 11 is 0. The average molecular weight is 140 g/mol. The van der Waals surface area contributed by atoms with E-state index < -0.39 is 0 Å². The molecule has 10 heavy (non-hydrogen) atoms. The highest BCUT2D eigenvalue weighted by Crippen LogP contribution is 1.90. The van der Waals surface area contributed by atoms with Gasteiger partial charge >= 0.3 is 0 Å². The first-order valence-electron chi connectivity index (χ1n) is 3.40. The van der Waals surface area contributed by atoms with E-state index in [9.17, 15) is 0 Å². The molecule has 1 atom stereocenters. The maximum absolute atomic E-state index is 3.58. The van der Waals surface area contributed by atoms with E-state index >= 15 is 0 Å². The Morgan fingerprint density at radius 2 is 2.20 bits per heavy atom. The van der Waals surface area contributed by atoms with Crippen molar-refractivity contribution in [3.05, 3.63) is 24.9 Å². The summed E-state index contributed by atoms with van der Waals surface area (Å²) in [6.07, 6.45) is 6.03. The van der Waals surface area contributed by atoms with Crippen molar-refractivity contribution in [3.63, 3.8) is 0 Å². The number of allylic oxidation sites excluding steroid dienone is 2. The molecule has 0 aliphatic rings. The molecule has 0 aromatic heterocycles. The van der Waals surface area contributed by atoms with Gasteiger partial charge in [-0.2, -0.15) is 0 Å². The van der Waals surface area contributed by atoms with Gasteiger partial charge in [0.2, 0.25) is 0 Å². The summed E-state index contributed by atoms with van der Waals surface area (Å²) in [5.41, 5.74) is 0. The molecule has 2 nitrogen and oxygen atoms in total. The number of nitrogens with one attached hydrogen (secondary N) is 1. The Kier molecular flexibility index (Phi) is 4.67. The van der Waals surface area contributed by atoms with Crippen LogP contribution in [0.15, 0.2) is 24.9 Å². The zero-order chi connectivity index (χ0) is 7.98. The van der Waals surface area contributed by atoms with Crippen molar-refractivity contribution in [3.8, 4) is 0 Å². The molecule has 0 amide bonds. The molecule has 0 aliphatic heterocycles. The van der Waals surface area contributed by atoms with Crippen molar-refractivity contribution in [1.29, 1.82) is 0 Å². The van der Waals surface area contributed by atoms with Crippen LogP contribution in [-0.2, 0) is 0 Å². The Hall–Kier alpha value is -0.760. The molecule has 0 radical (unpaired) electrons. The van der Waals surface area contributed by atoms with Gasteiger partial charge in [0.25, 0.3) is 0 Å². The quantitative estimate of drug-likeness (QED) is 0.466. The minimum atomic E-state index is 0.371. The molecule has 1 N–H and O–H groups in total. The highest BCUT2D eigenvalue weighted by Gasteiger charge is 1.97. The lowest BCUT2D eigenvalue weighted by molar-refractivity contribution is 0.314. The van der Waals surface area contributed by atoms with Gasteiger partial charge in [-0.15, -0.1) is 0 Å². The standard InChI is InChI=1S/C8H16N2/c1-5-6-7-10(4)8(2)9-3/h5-9H,1H2,2-4H3/b7-6+. The fourth-order valence-electron chi connectivity index (χ4n) is 0.529. The van der Waals surface area contributed by atoms with Crippen molar-refractivity contribution in [1.82, 2.24) is 10.2 Å². The molecule has 0 heterocycles. The summed E-state index contributed by atoms with van der Waals surface area (Å²) in [6.45, 7) is 5.67. The van der Waals surface area contributed by atoms with Crippen LogP contribution in [0.3, 0.4) is 0 Å². The second-order valence-electron chi connectivity index (χ2n) is 2.21. The summed E-state index contributed by atoms with van der Waals surface area (Å²) in [7, 11) is 3.95. The van der Waals surface area contributed by atoms with Crippen molar-refractivity contribution in [2.24, 2.45) is 0 Å². The zero-order valence-corrected chi connectivity index (χ0v) is 6.96. The Balaban J connectivity index is 3.70. The van der Waals surface area contributed by atoms with E-state index in [0.717, 1.165) is 0 Å². The molecule has 0 aromatic carbocycles. The number of nitrogens with zero attached hydrogens (tertiary/aromatic N) is 1. The maximum Gasteiger partial charge on any atom is 0.0755 e. The van der Waals surface area contributed by atoms with Crippen LogP contribution in [0.4, 0.5) is 0 Å². The molecule has 0 rings (SSSR count). The molecule has 0 bridgehead atoms. The minimum absolute atomic E-state index is 0.371. The Labute approximate surface area is 63.2 Å². The third-order valence-electron chi connectivity index (χ3n) is 1.49. The van der Waals surface area contributed by atoms with Crippen LogP contribution in [0.1, 0.15) is 6.92 Å². The number of rotatable bonds is 4. The van der Waals surface area contributed by atoms with Gasteiger partial charge < -0.3 is 10.2 Å². The van der Waals surface area contributed by atoms with Gasteiger partial charge in [0.1, 0.15) is 0 Å². The maximum atomic E-state index is 3.58. The van der Waals surface area contributed by atoms with Gasteiger partial charge in [-0.3, -0.25) is 0 Å². The van der Waals surface area contributed by atoms with Gasteiger partial charge in [-0.1, -0.05) is 12.7 Å². The van der Waals surface area contributed by atoms with Crippen LogP contribution >= 0.6 is 0 Å².